The largest absolute Gasteiger partial charge is 0.508 e. The van der Waals surface area contributed by atoms with Crippen molar-refractivity contribution in [2.75, 3.05) is 45.2 Å². The Labute approximate surface area is 250 Å². The van der Waals surface area contributed by atoms with Gasteiger partial charge in [0.1, 0.15) is 22.9 Å². The van der Waals surface area contributed by atoms with Gasteiger partial charge in [0.05, 0.1) is 12.7 Å². The predicted octanol–water partition coefficient (Wildman–Crippen LogP) is 5.92. The average Bonchev–Trinajstić information content (AvgIpc) is 3.68. The van der Waals surface area contributed by atoms with Gasteiger partial charge >= 0.3 is 6.01 Å². The first-order chi connectivity index (χ1) is 20.6. The fourth-order valence-electron chi connectivity index (χ4n) is 7.51. The zero-order valence-corrected chi connectivity index (χ0v) is 24.9. The van der Waals surface area contributed by atoms with Crippen LogP contribution in [0.5, 0.6) is 11.8 Å². The van der Waals surface area contributed by atoms with E-state index in [0.29, 0.717) is 58.6 Å². The second kappa shape index (κ2) is 10.6. The number of fused-ring (bicyclic) bond motifs is 4. The van der Waals surface area contributed by atoms with Gasteiger partial charge in [-0.25, -0.2) is 8.78 Å². The Morgan fingerprint density at radius 1 is 1.05 bits per heavy atom. The number of phenolic OH excluding ortho intramolecular Hbond substituents is 1. The van der Waals surface area contributed by atoms with Crippen LogP contribution in [0.4, 0.5) is 14.6 Å². The maximum Gasteiger partial charge on any atom is 0.319 e. The first kappa shape index (κ1) is 28.2. The topological polar surface area (TPSA) is 82.0 Å². The Kier molecular flexibility index (Phi) is 6.93. The summed E-state index contributed by atoms with van der Waals surface area (Å²) in [6.07, 6.45) is 3.93. The summed E-state index contributed by atoms with van der Waals surface area (Å²) >= 11 is 0. The van der Waals surface area contributed by atoms with Gasteiger partial charge in [-0.2, -0.15) is 9.97 Å². The number of aliphatic hydroxyl groups is 1. The minimum absolute atomic E-state index is 0.0268. The molecule has 9 heteroatoms. The van der Waals surface area contributed by atoms with E-state index in [9.17, 15) is 14.6 Å². The van der Waals surface area contributed by atoms with E-state index in [2.05, 4.69) is 14.8 Å². The van der Waals surface area contributed by atoms with Gasteiger partial charge in [0.15, 0.2) is 5.82 Å². The van der Waals surface area contributed by atoms with Crippen molar-refractivity contribution in [2.45, 2.75) is 45.1 Å². The van der Waals surface area contributed by atoms with Crippen molar-refractivity contribution < 1.29 is 23.7 Å². The molecule has 1 aromatic heterocycles. The molecule has 7 nitrogen and oxygen atoms in total. The third-order valence-corrected chi connectivity index (χ3v) is 9.67. The third-order valence-electron chi connectivity index (χ3n) is 9.67. The highest BCUT2D eigenvalue weighted by atomic mass is 19.1. The van der Waals surface area contributed by atoms with Crippen LogP contribution in [0.15, 0.2) is 36.4 Å². The van der Waals surface area contributed by atoms with Crippen LogP contribution >= 0.6 is 0 Å². The molecule has 2 heterocycles. The van der Waals surface area contributed by atoms with Gasteiger partial charge in [-0.15, -0.1) is 0 Å². The normalized spacial score (nSPS) is 22.6. The number of aromatic hydroxyl groups is 1. The van der Waals surface area contributed by atoms with Crippen LogP contribution in [-0.4, -0.2) is 71.5 Å². The van der Waals surface area contributed by atoms with Crippen LogP contribution in [-0.2, 0) is 6.42 Å². The number of hydrogen-bond donors (Lipinski definition) is 2. The summed E-state index contributed by atoms with van der Waals surface area (Å²) in [5.41, 5.74) is 1.27. The number of nitrogens with zero attached hydrogens (tertiary/aromatic N) is 4. The van der Waals surface area contributed by atoms with Crippen LogP contribution in [0.1, 0.15) is 38.2 Å². The molecule has 226 valence electrons. The number of hydrogen-bond acceptors (Lipinski definition) is 7. The molecule has 4 aromatic rings. The summed E-state index contributed by atoms with van der Waals surface area (Å²) in [6.45, 7) is 4.55. The van der Waals surface area contributed by atoms with E-state index >= 15 is 4.39 Å². The fraction of sp³-hybridized carbons (Fsp3) is 0.471. The van der Waals surface area contributed by atoms with Crippen LogP contribution in [0.2, 0.25) is 0 Å². The summed E-state index contributed by atoms with van der Waals surface area (Å²) in [4.78, 5) is 13.8. The summed E-state index contributed by atoms with van der Waals surface area (Å²) in [5, 5.41) is 22.9. The number of aromatic nitrogens is 2. The lowest BCUT2D eigenvalue weighted by Crippen LogP contribution is -2.38. The third kappa shape index (κ3) is 5.06. The molecule has 2 saturated carbocycles. The smallest absolute Gasteiger partial charge is 0.319 e. The highest BCUT2D eigenvalue weighted by molar-refractivity contribution is 6.03. The van der Waals surface area contributed by atoms with Crippen molar-refractivity contribution in [2.24, 2.45) is 17.3 Å². The lowest BCUT2D eigenvalue weighted by atomic mass is 9.92. The van der Waals surface area contributed by atoms with Gasteiger partial charge in [0.2, 0.25) is 0 Å². The maximum atomic E-state index is 16.8. The molecule has 0 unspecified atom stereocenters. The Bertz CT molecular complexity index is 1720. The maximum absolute atomic E-state index is 16.8. The Morgan fingerprint density at radius 3 is 2.58 bits per heavy atom. The first-order valence-corrected chi connectivity index (χ1v) is 15.3. The number of aliphatic hydroxyl groups excluding tert-OH is 1. The number of benzene rings is 3. The molecule has 2 bridgehead atoms. The quantitative estimate of drug-likeness (QED) is 0.264. The second-order valence-electron chi connectivity index (χ2n) is 13.2. The standard InChI is InChI=1S/C34H38F2N4O3/c1-4-23-27(35)8-5-20-13-22(41)14-26(29(20)23)24-6-7-25-31(30(24)36)37-33(43-18-34(9-10-34)17-39(2)3)38-32(25)40-15-19-11-21(16-40)28(42)12-19/h5-8,13-14,19,21,28,41-42H,4,9-12,15-18H2,1-3H3/t19-,21-,28-/m0/s1. The molecule has 0 spiro atoms. The van der Waals surface area contributed by atoms with Crippen molar-refractivity contribution in [3.05, 3.63) is 53.6 Å². The molecular formula is C34H38F2N4O3. The summed E-state index contributed by atoms with van der Waals surface area (Å²) in [7, 11) is 4.09. The van der Waals surface area contributed by atoms with Crippen molar-refractivity contribution in [1.82, 2.24) is 14.9 Å². The van der Waals surface area contributed by atoms with E-state index in [1.807, 2.05) is 27.1 Å². The van der Waals surface area contributed by atoms with Gasteiger partial charge in [-0.1, -0.05) is 19.1 Å². The first-order valence-electron chi connectivity index (χ1n) is 15.3. The van der Waals surface area contributed by atoms with Gasteiger partial charge in [0.25, 0.3) is 0 Å². The molecule has 3 aliphatic rings. The number of aryl methyl sites for hydroxylation is 1. The molecule has 7 rings (SSSR count). The van der Waals surface area contributed by atoms with E-state index in [0.717, 1.165) is 38.8 Å². The molecule has 2 N–H and O–H groups in total. The zero-order chi connectivity index (χ0) is 30.0. The SMILES string of the molecule is CCc1c(F)ccc2cc(O)cc(-c3ccc4c(N5C[C@H]6C[C@@H](C5)[C@@H](O)C6)nc(OCC5(CN(C)C)CC5)nc4c3F)c12. The fourth-order valence-corrected chi connectivity index (χ4v) is 7.51. The van der Waals surface area contributed by atoms with E-state index in [4.69, 9.17) is 9.72 Å². The second-order valence-corrected chi connectivity index (χ2v) is 13.2. The van der Waals surface area contributed by atoms with Crippen LogP contribution in [0.25, 0.3) is 32.8 Å². The Morgan fingerprint density at radius 2 is 1.86 bits per heavy atom. The van der Waals surface area contributed by atoms with Gasteiger partial charge < -0.3 is 24.7 Å². The summed E-state index contributed by atoms with van der Waals surface area (Å²) < 4.78 is 37.9. The Hall–Kier alpha value is -3.56. The minimum atomic E-state index is -0.571. The lowest BCUT2D eigenvalue weighted by molar-refractivity contribution is 0.137. The molecule has 0 amide bonds. The minimum Gasteiger partial charge on any atom is -0.508 e. The number of phenols is 1. The van der Waals surface area contributed by atoms with Gasteiger partial charge in [0, 0.05) is 41.9 Å². The number of anilines is 1. The predicted molar refractivity (Wildman–Crippen MR) is 164 cm³/mol. The number of piperidine rings is 1. The van der Waals surface area contributed by atoms with E-state index in [1.54, 1.807) is 18.2 Å². The molecule has 2 aliphatic carbocycles. The van der Waals surface area contributed by atoms with Gasteiger partial charge in [-0.05, 0) is 98.3 Å². The van der Waals surface area contributed by atoms with E-state index in [1.165, 1.54) is 12.1 Å². The van der Waals surface area contributed by atoms with Crippen molar-refractivity contribution in [3.8, 4) is 22.9 Å². The van der Waals surface area contributed by atoms with E-state index < -0.39 is 5.82 Å². The molecule has 0 radical (unpaired) electrons. The molecule has 3 fully saturated rings. The van der Waals surface area contributed by atoms with E-state index in [-0.39, 0.29) is 46.1 Å². The Balaban J connectivity index is 1.37. The zero-order valence-electron chi connectivity index (χ0n) is 24.9. The highest BCUT2D eigenvalue weighted by Gasteiger charge is 2.44. The number of ether oxygens (including phenoxy) is 1. The average molecular weight is 589 g/mol. The summed E-state index contributed by atoms with van der Waals surface area (Å²) in [5.74, 6) is 0.140. The lowest BCUT2D eigenvalue weighted by Gasteiger charge is -2.33. The van der Waals surface area contributed by atoms with Crippen molar-refractivity contribution in [3.63, 3.8) is 0 Å². The molecule has 3 aromatic carbocycles. The van der Waals surface area contributed by atoms with Crippen molar-refractivity contribution >= 4 is 27.5 Å². The molecule has 1 aliphatic heterocycles. The van der Waals surface area contributed by atoms with Crippen molar-refractivity contribution in [1.29, 1.82) is 0 Å². The number of halogens is 2. The highest BCUT2D eigenvalue weighted by Crippen LogP contribution is 2.47. The van der Waals surface area contributed by atoms with Gasteiger partial charge in [-0.3, -0.25) is 0 Å². The molecular weight excluding hydrogens is 550 g/mol. The van der Waals surface area contributed by atoms with Crippen LogP contribution < -0.4 is 9.64 Å². The molecule has 1 saturated heterocycles. The molecule has 43 heavy (non-hydrogen) atoms. The monoisotopic (exact) mass is 588 g/mol. The van der Waals surface area contributed by atoms with Crippen LogP contribution in [0.3, 0.4) is 0 Å². The number of rotatable bonds is 8. The molecule has 3 atom stereocenters. The summed E-state index contributed by atoms with van der Waals surface area (Å²) in [6, 6.07) is 9.68. The van der Waals surface area contributed by atoms with Crippen LogP contribution in [0, 0.1) is 28.9 Å².